The van der Waals surface area contributed by atoms with Crippen molar-refractivity contribution in [3.8, 4) is 11.5 Å². The molecule has 2 rings (SSSR count). The quantitative estimate of drug-likeness (QED) is 0.580. The van der Waals surface area contributed by atoms with Gasteiger partial charge in [-0.25, -0.2) is 0 Å². The minimum atomic E-state index is -2.91. The average Bonchev–Trinajstić information content (AvgIpc) is 2.90. The highest BCUT2D eigenvalue weighted by Crippen LogP contribution is 2.28. The number of methoxy groups -OCH3 is 1. The fraction of sp³-hybridized carbons (Fsp3) is 0.286. The normalized spacial score (nSPS) is 11.1. The fourth-order valence-corrected chi connectivity index (χ4v) is 1.64. The van der Waals surface area contributed by atoms with E-state index < -0.39 is 6.61 Å². The molecule has 0 amide bonds. The molecule has 0 spiro atoms. The van der Waals surface area contributed by atoms with Crippen LogP contribution < -0.4 is 9.47 Å². The molecule has 0 radical (unpaired) electrons. The summed E-state index contributed by atoms with van der Waals surface area (Å²) < 4.78 is 38.7. The van der Waals surface area contributed by atoms with Crippen LogP contribution in [0.1, 0.15) is 17.0 Å². The summed E-state index contributed by atoms with van der Waals surface area (Å²) >= 11 is 0. The van der Waals surface area contributed by atoms with Crippen LogP contribution in [-0.4, -0.2) is 25.1 Å². The second kappa shape index (κ2) is 7.39. The van der Waals surface area contributed by atoms with Gasteiger partial charge in [-0.3, -0.25) is 0 Å². The van der Waals surface area contributed by atoms with Crippen molar-refractivity contribution in [3.05, 3.63) is 41.3 Å². The molecule has 0 aliphatic rings. The predicted octanol–water partition coefficient (Wildman–Crippen LogP) is 3.14. The minimum absolute atomic E-state index is 0.0484. The molecule has 22 heavy (non-hydrogen) atoms. The molecule has 0 aliphatic carbocycles. The Hall–Kier alpha value is -2.64. The van der Waals surface area contributed by atoms with Gasteiger partial charge in [0.25, 0.3) is 0 Å². The summed E-state index contributed by atoms with van der Waals surface area (Å²) in [7, 11) is 1.36. The highest BCUT2D eigenvalue weighted by Gasteiger charge is 2.10. The number of oxime groups is 1. The molecular weight excluding hydrogens is 298 g/mol. The van der Waals surface area contributed by atoms with E-state index in [2.05, 4.69) is 15.0 Å². The number of aromatic nitrogens is 1. The summed E-state index contributed by atoms with van der Waals surface area (Å²) in [6.07, 6.45) is 1.41. The lowest BCUT2D eigenvalue weighted by Gasteiger charge is -2.09. The molecule has 8 heteroatoms. The average molecular weight is 312 g/mol. The number of halogens is 2. The summed E-state index contributed by atoms with van der Waals surface area (Å²) in [4.78, 5) is 5.05. The highest BCUT2D eigenvalue weighted by atomic mass is 19.3. The molecule has 0 saturated carbocycles. The summed E-state index contributed by atoms with van der Waals surface area (Å²) in [6.45, 7) is -0.978. The van der Waals surface area contributed by atoms with Crippen LogP contribution >= 0.6 is 0 Å². The highest BCUT2D eigenvalue weighted by molar-refractivity contribution is 5.80. The second-order valence-corrected chi connectivity index (χ2v) is 4.23. The second-order valence-electron chi connectivity index (χ2n) is 4.23. The van der Waals surface area contributed by atoms with Crippen LogP contribution in [0.4, 0.5) is 8.78 Å². The molecule has 0 N–H and O–H groups in total. The molecule has 1 aromatic heterocycles. The number of alkyl halides is 2. The van der Waals surface area contributed by atoms with Crippen LogP contribution in [0.25, 0.3) is 0 Å². The van der Waals surface area contributed by atoms with Crippen LogP contribution in [0.2, 0.25) is 0 Å². The van der Waals surface area contributed by atoms with Gasteiger partial charge in [-0.1, -0.05) is 10.3 Å². The van der Waals surface area contributed by atoms with Gasteiger partial charge in [0.05, 0.1) is 19.0 Å². The summed E-state index contributed by atoms with van der Waals surface area (Å²) in [5.41, 5.74) is 1.36. The summed E-state index contributed by atoms with van der Waals surface area (Å²) in [5.74, 6) is 0.677. The predicted molar refractivity (Wildman–Crippen MR) is 73.2 cm³/mol. The first kappa shape index (κ1) is 15.7. The number of hydrogen-bond donors (Lipinski definition) is 0. The van der Waals surface area contributed by atoms with Gasteiger partial charge in [0, 0.05) is 11.6 Å². The van der Waals surface area contributed by atoms with Gasteiger partial charge < -0.3 is 18.8 Å². The van der Waals surface area contributed by atoms with Gasteiger partial charge in [0.2, 0.25) is 0 Å². The third-order valence-corrected chi connectivity index (χ3v) is 2.56. The Morgan fingerprint density at radius 1 is 1.32 bits per heavy atom. The molecule has 0 aliphatic heterocycles. The zero-order valence-electron chi connectivity index (χ0n) is 12.0. The largest absolute Gasteiger partial charge is 0.493 e. The SMILES string of the molecule is COc1cc(/C=N/OCc2cc(C)no2)ccc1OC(F)F. The number of ether oxygens (including phenoxy) is 2. The molecular formula is C14H14F2N2O4. The molecule has 1 heterocycles. The van der Waals surface area contributed by atoms with E-state index in [1.54, 1.807) is 19.1 Å². The summed E-state index contributed by atoms with van der Waals surface area (Å²) in [6, 6.07) is 6.15. The van der Waals surface area contributed by atoms with Crippen molar-refractivity contribution in [1.82, 2.24) is 5.16 Å². The standard InChI is InChI=1S/C14H14F2N2O4/c1-9-5-11(22-18-9)8-20-17-7-10-3-4-12(21-14(15)16)13(6-10)19-2/h3-7,14H,8H2,1-2H3/b17-7+. The van der Waals surface area contributed by atoms with Gasteiger partial charge in [-0.2, -0.15) is 8.78 Å². The van der Waals surface area contributed by atoms with Crippen molar-refractivity contribution in [2.75, 3.05) is 7.11 Å². The van der Waals surface area contributed by atoms with Crippen molar-refractivity contribution < 1.29 is 27.6 Å². The zero-order chi connectivity index (χ0) is 15.9. The van der Waals surface area contributed by atoms with E-state index in [1.807, 2.05) is 0 Å². The fourth-order valence-electron chi connectivity index (χ4n) is 1.64. The molecule has 6 nitrogen and oxygen atoms in total. The molecule has 0 fully saturated rings. The van der Waals surface area contributed by atoms with E-state index in [-0.39, 0.29) is 18.1 Å². The van der Waals surface area contributed by atoms with Gasteiger partial charge in [0.1, 0.15) is 0 Å². The molecule has 0 bridgehead atoms. The number of rotatable bonds is 7. The van der Waals surface area contributed by atoms with Crippen LogP contribution in [0, 0.1) is 6.92 Å². The van der Waals surface area contributed by atoms with Crippen LogP contribution in [0.3, 0.4) is 0 Å². The summed E-state index contributed by atoms with van der Waals surface area (Å²) in [5, 5.41) is 7.47. The van der Waals surface area contributed by atoms with E-state index in [1.165, 1.54) is 25.5 Å². The third kappa shape index (κ3) is 4.44. The Labute approximate surface area is 125 Å². The van der Waals surface area contributed by atoms with E-state index >= 15 is 0 Å². The van der Waals surface area contributed by atoms with E-state index in [9.17, 15) is 8.78 Å². The molecule has 2 aromatic rings. The van der Waals surface area contributed by atoms with E-state index in [0.29, 0.717) is 11.3 Å². The smallest absolute Gasteiger partial charge is 0.387 e. The topological polar surface area (TPSA) is 66.1 Å². The van der Waals surface area contributed by atoms with Gasteiger partial charge in [-0.05, 0) is 25.1 Å². The Bertz CT molecular complexity index is 644. The minimum Gasteiger partial charge on any atom is -0.493 e. The first-order valence-electron chi connectivity index (χ1n) is 6.29. The van der Waals surface area contributed by atoms with E-state index in [4.69, 9.17) is 14.1 Å². The first-order valence-corrected chi connectivity index (χ1v) is 6.29. The van der Waals surface area contributed by atoms with Gasteiger partial charge in [-0.15, -0.1) is 0 Å². The van der Waals surface area contributed by atoms with Gasteiger partial charge >= 0.3 is 6.61 Å². The third-order valence-electron chi connectivity index (χ3n) is 2.56. The monoisotopic (exact) mass is 312 g/mol. The van der Waals surface area contributed by atoms with Crippen molar-refractivity contribution in [3.63, 3.8) is 0 Å². The van der Waals surface area contributed by atoms with Crippen molar-refractivity contribution in [1.29, 1.82) is 0 Å². The number of hydrogen-bond acceptors (Lipinski definition) is 6. The lowest BCUT2D eigenvalue weighted by molar-refractivity contribution is -0.0512. The van der Waals surface area contributed by atoms with Crippen molar-refractivity contribution in [2.24, 2.45) is 5.16 Å². The molecule has 0 unspecified atom stereocenters. The van der Waals surface area contributed by atoms with Crippen molar-refractivity contribution >= 4 is 6.21 Å². The maximum atomic E-state index is 12.2. The van der Waals surface area contributed by atoms with Gasteiger partial charge in [0.15, 0.2) is 23.9 Å². The molecule has 0 atom stereocenters. The first-order chi connectivity index (χ1) is 10.6. The van der Waals surface area contributed by atoms with Crippen LogP contribution in [0.5, 0.6) is 11.5 Å². The zero-order valence-corrected chi connectivity index (χ0v) is 12.0. The maximum absolute atomic E-state index is 12.2. The number of aryl methyl sites for hydroxylation is 1. The Morgan fingerprint density at radius 3 is 2.77 bits per heavy atom. The molecule has 118 valence electrons. The Balaban J connectivity index is 1.95. The van der Waals surface area contributed by atoms with E-state index in [0.717, 1.165) is 5.69 Å². The number of nitrogens with zero attached hydrogens (tertiary/aromatic N) is 2. The number of benzene rings is 1. The van der Waals surface area contributed by atoms with Crippen LogP contribution in [0.15, 0.2) is 33.9 Å². The lowest BCUT2D eigenvalue weighted by Crippen LogP contribution is -2.03. The lowest BCUT2D eigenvalue weighted by atomic mass is 10.2. The van der Waals surface area contributed by atoms with Crippen molar-refractivity contribution in [2.45, 2.75) is 20.1 Å². The Kier molecular flexibility index (Phi) is 5.29. The molecule has 1 aromatic carbocycles. The maximum Gasteiger partial charge on any atom is 0.387 e. The Morgan fingerprint density at radius 2 is 2.14 bits per heavy atom. The van der Waals surface area contributed by atoms with Crippen LogP contribution in [-0.2, 0) is 11.4 Å². The molecule has 0 saturated heterocycles.